The molecule has 26 heavy (non-hydrogen) atoms. The van der Waals surface area contributed by atoms with Crippen LogP contribution in [-0.4, -0.2) is 36.9 Å². The third-order valence-corrected chi connectivity index (χ3v) is 9.04. The Morgan fingerprint density at radius 3 is 2.50 bits per heavy atom. The van der Waals surface area contributed by atoms with Gasteiger partial charge in [0.25, 0.3) is 0 Å². The average molecular weight is 369 g/mol. The van der Waals surface area contributed by atoms with Gasteiger partial charge in [0.2, 0.25) is 0 Å². The number of carbonyl (C=O) groups is 1. The van der Waals surface area contributed by atoms with Crippen LogP contribution in [0.2, 0.25) is 0 Å². The van der Waals surface area contributed by atoms with E-state index < -0.39 is 18.2 Å². The van der Waals surface area contributed by atoms with Gasteiger partial charge in [-0.1, -0.05) is 27.7 Å². The summed E-state index contributed by atoms with van der Waals surface area (Å²) in [6.45, 7) is 8.16. The summed E-state index contributed by atoms with van der Waals surface area (Å²) in [5.41, 5.74) is -0.981. The second-order valence-corrected chi connectivity index (χ2v) is 9.99. The molecule has 3 rings (SSSR count). The molecular formula is C22H37FO3. The number of rotatable bonds is 4. The molecule has 150 valence electrons. The number of hydrogen-bond acceptors (Lipinski definition) is 3. The second kappa shape index (κ2) is 6.84. The molecule has 3 nitrogen and oxygen atoms in total. The fraction of sp³-hybridized carbons (Fsp3) is 0.955. The van der Waals surface area contributed by atoms with Crippen LogP contribution in [0.5, 0.6) is 0 Å². The van der Waals surface area contributed by atoms with Gasteiger partial charge in [-0.15, -0.1) is 0 Å². The molecule has 0 amide bonds. The summed E-state index contributed by atoms with van der Waals surface area (Å²) in [6.07, 6.45) is 4.98. The number of alkyl halides is 1. The highest BCUT2D eigenvalue weighted by Crippen LogP contribution is 2.68. The zero-order valence-corrected chi connectivity index (χ0v) is 17.2. The maximum Gasteiger partial charge on any atom is 0.142 e. The van der Waals surface area contributed by atoms with Crippen LogP contribution in [0.25, 0.3) is 0 Å². The molecule has 0 aromatic carbocycles. The van der Waals surface area contributed by atoms with Crippen molar-refractivity contribution in [2.24, 2.45) is 34.0 Å². The predicted molar refractivity (Wildman–Crippen MR) is 101 cm³/mol. The lowest BCUT2D eigenvalue weighted by atomic mass is 9.44. The minimum Gasteiger partial charge on any atom is -0.393 e. The first-order chi connectivity index (χ1) is 12.2. The van der Waals surface area contributed by atoms with Crippen molar-refractivity contribution in [3.05, 3.63) is 0 Å². The van der Waals surface area contributed by atoms with Gasteiger partial charge in [0.05, 0.1) is 18.9 Å². The fourth-order valence-electron chi connectivity index (χ4n) is 7.21. The van der Waals surface area contributed by atoms with E-state index in [9.17, 15) is 14.3 Å². The van der Waals surface area contributed by atoms with E-state index in [2.05, 4.69) is 20.8 Å². The lowest BCUT2D eigenvalue weighted by Crippen LogP contribution is -2.62. The number of ketones is 1. The smallest absolute Gasteiger partial charge is 0.142 e. The van der Waals surface area contributed by atoms with Crippen molar-refractivity contribution < 1.29 is 19.0 Å². The van der Waals surface area contributed by atoms with Gasteiger partial charge in [0.1, 0.15) is 5.78 Å². The van der Waals surface area contributed by atoms with Crippen LogP contribution in [0, 0.1) is 34.0 Å². The quantitative estimate of drug-likeness (QED) is 0.791. The van der Waals surface area contributed by atoms with E-state index in [1.165, 1.54) is 0 Å². The van der Waals surface area contributed by atoms with E-state index in [-0.39, 0.29) is 34.6 Å². The van der Waals surface area contributed by atoms with Crippen LogP contribution < -0.4 is 0 Å². The minimum atomic E-state index is -0.633. The van der Waals surface area contributed by atoms with Crippen LogP contribution >= 0.6 is 0 Å². The Labute approximate surface area is 158 Å². The first-order valence-electron chi connectivity index (χ1n) is 10.5. The molecule has 0 aliphatic heterocycles. The van der Waals surface area contributed by atoms with Crippen molar-refractivity contribution in [2.75, 3.05) is 13.8 Å². The molecule has 0 heterocycles. The fourth-order valence-corrected chi connectivity index (χ4v) is 7.21. The van der Waals surface area contributed by atoms with Gasteiger partial charge in [-0.3, -0.25) is 9.18 Å². The largest absolute Gasteiger partial charge is 0.393 e. The zero-order chi connectivity index (χ0) is 19.3. The molecule has 0 aromatic rings. The van der Waals surface area contributed by atoms with Crippen LogP contribution in [0.15, 0.2) is 0 Å². The number of carbonyl (C=O) groups excluding carboxylic acids is 1. The van der Waals surface area contributed by atoms with Gasteiger partial charge in [-0.2, -0.15) is 0 Å². The number of Topliss-reactive ketones (excluding diaryl/α,β-unsaturated/α-hetero) is 1. The maximum absolute atomic E-state index is 13.6. The van der Waals surface area contributed by atoms with Crippen molar-refractivity contribution in [1.29, 1.82) is 0 Å². The normalized spacial score (nSPS) is 51.7. The third-order valence-electron chi connectivity index (χ3n) is 9.04. The van der Waals surface area contributed by atoms with E-state index in [1.807, 2.05) is 6.92 Å². The molecule has 0 saturated heterocycles. The Balaban J connectivity index is 2.12. The monoisotopic (exact) mass is 368 g/mol. The Hall–Kier alpha value is -0.480. The van der Waals surface area contributed by atoms with E-state index in [0.717, 1.165) is 25.7 Å². The lowest BCUT2D eigenvalue weighted by Gasteiger charge is -2.61. The van der Waals surface area contributed by atoms with Gasteiger partial charge in [0.15, 0.2) is 0 Å². The Kier molecular flexibility index (Phi) is 5.33. The summed E-state index contributed by atoms with van der Waals surface area (Å²) >= 11 is 0. The molecule has 0 aromatic heterocycles. The molecule has 8 atom stereocenters. The molecule has 0 radical (unpaired) electrons. The Morgan fingerprint density at radius 1 is 1.23 bits per heavy atom. The highest BCUT2D eigenvalue weighted by molar-refractivity contribution is 5.87. The minimum absolute atomic E-state index is 0.0587. The van der Waals surface area contributed by atoms with E-state index in [0.29, 0.717) is 25.2 Å². The Bertz CT molecular complexity index is 552. The molecule has 2 bridgehead atoms. The SMILES string of the molecule is COC1CCC23CC[C@@H](C)[C@](C)(C12)[C@H](O)C[C@@](C)(CCCF)C(=O)[C@@H]3C. The van der Waals surface area contributed by atoms with Crippen molar-refractivity contribution in [3.8, 4) is 0 Å². The first kappa shape index (κ1) is 20.3. The van der Waals surface area contributed by atoms with Gasteiger partial charge < -0.3 is 9.84 Å². The molecule has 3 saturated carbocycles. The molecule has 3 aliphatic carbocycles. The third kappa shape index (κ3) is 2.62. The molecule has 3 unspecified atom stereocenters. The summed E-state index contributed by atoms with van der Waals surface area (Å²) in [7, 11) is 1.77. The highest BCUT2D eigenvalue weighted by Gasteiger charge is 2.67. The van der Waals surface area contributed by atoms with Crippen LogP contribution in [0.4, 0.5) is 4.39 Å². The molecule has 0 spiro atoms. The lowest BCUT2D eigenvalue weighted by molar-refractivity contribution is -0.192. The number of halogens is 1. The van der Waals surface area contributed by atoms with Gasteiger partial charge in [0, 0.05) is 23.9 Å². The number of ether oxygens (including phenoxy) is 1. The number of aliphatic hydroxyl groups excluding tert-OH is 1. The first-order valence-corrected chi connectivity index (χ1v) is 10.5. The highest BCUT2D eigenvalue weighted by atomic mass is 19.1. The summed E-state index contributed by atoms with van der Waals surface area (Å²) in [5.74, 6) is 0.778. The summed E-state index contributed by atoms with van der Waals surface area (Å²) in [6, 6.07) is 0. The second-order valence-electron chi connectivity index (χ2n) is 9.99. The van der Waals surface area contributed by atoms with Crippen molar-refractivity contribution in [3.63, 3.8) is 0 Å². The molecule has 3 fully saturated rings. The summed E-state index contributed by atoms with van der Waals surface area (Å²) in [5, 5.41) is 11.4. The molecule has 4 heteroatoms. The molecule has 3 aliphatic rings. The average Bonchev–Trinajstić information content (AvgIpc) is 3.02. The summed E-state index contributed by atoms with van der Waals surface area (Å²) in [4.78, 5) is 13.6. The van der Waals surface area contributed by atoms with E-state index in [4.69, 9.17) is 4.74 Å². The van der Waals surface area contributed by atoms with Crippen LogP contribution in [0.3, 0.4) is 0 Å². The number of aliphatic hydroxyl groups is 1. The number of hydrogen-bond donors (Lipinski definition) is 1. The maximum atomic E-state index is 13.6. The van der Waals surface area contributed by atoms with Gasteiger partial charge in [-0.05, 0) is 62.2 Å². The van der Waals surface area contributed by atoms with E-state index >= 15 is 0 Å². The molecule has 1 N–H and O–H groups in total. The molecular weight excluding hydrogens is 331 g/mol. The van der Waals surface area contributed by atoms with Crippen LogP contribution in [-0.2, 0) is 9.53 Å². The van der Waals surface area contributed by atoms with E-state index in [1.54, 1.807) is 7.11 Å². The van der Waals surface area contributed by atoms with Gasteiger partial charge in [-0.25, -0.2) is 0 Å². The zero-order valence-electron chi connectivity index (χ0n) is 17.2. The van der Waals surface area contributed by atoms with Crippen LogP contribution in [0.1, 0.15) is 72.6 Å². The van der Waals surface area contributed by atoms with Crippen molar-refractivity contribution >= 4 is 5.78 Å². The van der Waals surface area contributed by atoms with Crippen molar-refractivity contribution in [1.82, 2.24) is 0 Å². The number of methoxy groups -OCH3 is 1. The predicted octanol–water partition coefficient (Wildman–Crippen LogP) is 4.56. The standard InChI is InChI=1S/C22H37FO3/c1-14-7-10-22-11-8-16(26-5)18(22)21(14,4)17(24)13-20(3,9-6-12-23)19(25)15(22)2/h14-18,24H,6-13H2,1-5H3/t14-,15+,16?,17-,18?,20-,21+,22?/m1/s1. The van der Waals surface area contributed by atoms with Crippen molar-refractivity contribution in [2.45, 2.75) is 84.8 Å². The summed E-state index contributed by atoms with van der Waals surface area (Å²) < 4.78 is 18.8. The topological polar surface area (TPSA) is 46.5 Å². The van der Waals surface area contributed by atoms with Gasteiger partial charge >= 0.3 is 0 Å². The Morgan fingerprint density at radius 2 is 1.88 bits per heavy atom.